The third-order valence-electron chi connectivity index (χ3n) is 1.85. The minimum Gasteiger partial charge on any atom is -0.394 e. The van der Waals surface area contributed by atoms with Crippen molar-refractivity contribution >= 4 is 14.5 Å². The summed E-state index contributed by atoms with van der Waals surface area (Å²) in [5, 5.41) is 0.361. The fourth-order valence-electron chi connectivity index (χ4n) is 1.22. The van der Waals surface area contributed by atoms with Gasteiger partial charge in [-0.15, -0.1) is 0 Å². The second-order valence-electron chi connectivity index (χ2n) is 2.91. The summed E-state index contributed by atoms with van der Waals surface area (Å²) in [6, 6.07) is 3.47. The van der Waals surface area contributed by atoms with Crippen LogP contribution in [-0.2, 0) is 8.85 Å². The maximum absolute atomic E-state index is 13.4. The van der Waals surface area contributed by atoms with Gasteiger partial charge in [-0.3, -0.25) is 0 Å². The highest BCUT2D eigenvalue weighted by atomic mass is 28.3. The van der Waals surface area contributed by atoms with Gasteiger partial charge in [0.25, 0.3) is 0 Å². The van der Waals surface area contributed by atoms with E-state index >= 15 is 0 Å². The second kappa shape index (κ2) is 5.94. The van der Waals surface area contributed by atoms with Crippen LogP contribution in [0.15, 0.2) is 18.2 Å². The molecule has 0 unspecified atom stereocenters. The molecule has 0 saturated carbocycles. The first-order valence-corrected chi connectivity index (χ1v) is 6.39. The summed E-state index contributed by atoms with van der Waals surface area (Å²) in [6.45, 7) is 4.57. The zero-order valence-electron chi connectivity index (χ0n) is 8.80. The van der Waals surface area contributed by atoms with E-state index in [1.54, 1.807) is 0 Å². The van der Waals surface area contributed by atoms with Crippen LogP contribution in [0.2, 0.25) is 0 Å². The van der Waals surface area contributed by atoms with E-state index in [0.717, 1.165) is 6.07 Å². The molecule has 0 saturated heterocycles. The standard InChI is InChI=1S/C10H14F2O2Si/c1-3-13-15(14-4-2)10-6-5-8(11)7-9(10)12/h5-7,15H,3-4H2,1-2H3. The maximum Gasteiger partial charge on any atom is 0.358 e. The minimum absolute atomic E-state index is 0.361. The van der Waals surface area contributed by atoms with Gasteiger partial charge < -0.3 is 8.85 Å². The summed E-state index contributed by atoms with van der Waals surface area (Å²) in [7, 11) is -2.19. The van der Waals surface area contributed by atoms with E-state index < -0.39 is 20.9 Å². The summed E-state index contributed by atoms with van der Waals surface area (Å²) < 4.78 is 36.7. The first-order chi connectivity index (χ1) is 7.19. The highest BCUT2D eigenvalue weighted by Gasteiger charge is 2.19. The minimum atomic E-state index is -2.19. The van der Waals surface area contributed by atoms with Crippen molar-refractivity contribution in [1.82, 2.24) is 0 Å². The van der Waals surface area contributed by atoms with Gasteiger partial charge in [0, 0.05) is 24.5 Å². The molecule has 15 heavy (non-hydrogen) atoms. The van der Waals surface area contributed by atoms with E-state index in [1.807, 2.05) is 13.8 Å². The molecule has 0 bridgehead atoms. The molecule has 0 aliphatic heterocycles. The van der Waals surface area contributed by atoms with E-state index in [9.17, 15) is 8.78 Å². The van der Waals surface area contributed by atoms with Crippen molar-refractivity contribution in [3.05, 3.63) is 29.8 Å². The molecule has 0 radical (unpaired) electrons. The molecule has 5 heteroatoms. The Labute approximate surface area is 89.7 Å². The van der Waals surface area contributed by atoms with Gasteiger partial charge in [0.2, 0.25) is 0 Å². The van der Waals surface area contributed by atoms with E-state index in [-0.39, 0.29) is 0 Å². The molecule has 0 spiro atoms. The zero-order valence-corrected chi connectivity index (χ0v) is 9.95. The molecule has 1 aromatic carbocycles. The van der Waals surface area contributed by atoms with Crippen LogP contribution in [-0.4, -0.2) is 22.5 Å². The van der Waals surface area contributed by atoms with Crippen LogP contribution in [0.3, 0.4) is 0 Å². The predicted molar refractivity (Wildman–Crippen MR) is 56.4 cm³/mol. The normalized spacial score (nSPS) is 11.0. The van der Waals surface area contributed by atoms with Gasteiger partial charge in [-0.05, 0) is 19.9 Å². The van der Waals surface area contributed by atoms with Crippen LogP contribution in [0.5, 0.6) is 0 Å². The quantitative estimate of drug-likeness (QED) is 0.716. The molecular weight excluding hydrogens is 218 g/mol. The first kappa shape index (κ1) is 12.3. The molecule has 2 nitrogen and oxygen atoms in total. The lowest BCUT2D eigenvalue weighted by Gasteiger charge is -2.15. The lowest BCUT2D eigenvalue weighted by atomic mass is 10.3. The average Bonchev–Trinajstić information content (AvgIpc) is 2.17. The van der Waals surface area contributed by atoms with Crippen LogP contribution in [0.4, 0.5) is 8.78 Å². The summed E-state index contributed by atoms with van der Waals surface area (Å²) in [5.74, 6) is -1.18. The van der Waals surface area contributed by atoms with Crippen LogP contribution < -0.4 is 5.19 Å². The number of hydrogen-bond acceptors (Lipinski definition) is 2. The lowest BCUT2D eigenvalue weighted by Crippen LogP contribution is -2.39. The van der Waals surface area contributed by atoms with Crippen LogP contribution in [0.25, 0.3) is 0 Å². The Morgan fingerprint density at radius 2 is 1.73 bits per heavy atom. The Kier molecular flexibility index (Phi) is 4.87. The largest absolute Gasteiger partial charge is 0.394 e. The Morgan fingerprint density at radius 3 is 2.20 bits per heavy atom. The van der Waals surface area contributed by atoms with Crippen molar-refractivity contribution in [2.45, 2.75) is 13.8 Å². The monoisotopic (exact) mass is 232 g/mol. The molecule has 0 heterocycles. The van der Waals surface area contributed by atoms with Gasteiger partial charge >= 0.3 is 9.28 Å². The van der Waals surface area contributed by atoms with E-state index in [2.05, 4.69) is 0 Å². The number of halogens is 2. The van der Waals surface area contributed by atoms with Crippen molar-refractivity contribution in [2.75, 3.05) is 13.2 Å². The van der Waals surface area contributed by atoms with Crippen molar-refractivity contribution in [3.63, 3.8) is 0 Å². The lowest BCUT2D eigenvalue weighted by molar-refractivity contribution is 0.224. The molecule has 84 valence electrons. The van der Waals surface area contributed by atoms with E-state index in [4.69, 9.17) is 8.85 Å². The predicted octanol–water partition coefficient (Wildman–Crippen LogP) is 1.47. The van der Waals surface area contributed by atoms with Gasteiger partial charge in [0.1, 0.15) is 11.6 Å². The van der Waals surface area contributed by atoms with Gasteiger partial charge in [0.05, 0.1) is 0 Å². The summed E-state index contributed by atoms with van der Waals surface area (Å²) in [5.41, 5.74) is 0. The smallest absolute Gasteiger partial charge is 0.358 e. The Bertz CT molecular complexity index is 314. The van der Waals surface area contributed by atoms with Crippen molar-refractivity contribution in [2.24, 2.45) is 0 Å². The average molecular weight is 232 g/mol. The van der Waals surface area contributed by atoms with E-state index in [0.29, 0.717) is 18.4 Å². The zero-order chi connectivity index (χ0) is 11.3. The van der Waals surface area contributed by atoms with Gasteiger partial charge in [-0.25, -0.2) is 8.78 Å². The second-order valence-corrected chi connectivity index (χ2v) is 4.86. The highest BCUT2D eigenvalue weighted by molar-refractivity contribution is 6.61. The molecule has 0 fully saturated rings. The van der Waals surface area contributed by atoms with Crippen LogP contribution >= 0.6 is 0 Å². The van der Waals surface area contributed by atoms with Gasteiger partial charge in [0.15, 0.2) is 0 Å². The van der Waals surface area contributed by atoms with Crippen LogP contribution in [0.1, 0.15) is 13.8 Å². The van der Waals surface area contributed by atoms with Gasteiger partial charge in [-0.1, -0.05) is 6.07 Å². The third-order valence-corrected chi connectivity index (χ3v) is 4.10. The first-order valence-electron chi connectivity index (χ1n) is 4.87. The third kappa shape index (κ3) is 3.37. The van der Waals surface area contributed by atoms with Crippen LogP contribution in [0, 0.1) is 11.6 Å². The molecule has 0 aliphatic carbocycles. The highest BCUT2D eigenvalue weighted by Crippen LogP contribution is 2.02. The molecule has 1 rings (SSSR count). The Balaban J connectivity index is 2.89. The van der Waals surface area contributed by atoms with Crippen molar-refractivity contribution in [1.29, 1.82) is 0 Å². The fourth-order valence-corrected chi connectivity index (χ4v) is 2.85. The summed E-state index contributed by atoms with van der Waals surface area (Å²) in [4.78, 5) is 0. The maximum atomic E-state index is 13.4. The molecule has 0 aromatic heterocycles. The fraction of sp³-hybridized carbons (Fsp3) is 0.400. The topological polar surface area (TPSA) is 18.5 Å². The van der Waals surface area contributed by atoms with Crippen molar-refractivity contribution < 1.29 is 17.6 Å². The number of benzene rings is 1. The van der Waals surface area contributed by atoms with Gasteiger partial charge in [-0.2, -0.15) is 0 Å². The Morgan fingerprint density at radius 1 is 1.13 bits per heavy atom. The number of rotatable bonds is 5. The molecular formula is C10H14F2O2Si. The van der Waals surface area contributed by atoms with E-state index in [1.165, 1.54) is 12.1 Å². The number of hydrogen-bond donors (Lipinski definition) is 0. The Hall–Kier alpha value is -0.783. The van der Waals surface area contributed by atoms with Crippen molar-refractivity contribution in [3.8, 4) is 0 Å². The molecule has 0 N–H and O–H groups in total. The molecule has 0 aliphatic rings. The summed E-state index contributed by atoms with van der Waals surface area (Å²) >= 11 is 0. The SMILES string of the molecule is CCO[SiH](OCC)c1ccc(F)cc1F. The molecule has 1 aromatic rings. The molecule has 0 atom stereocenters. The molecule has 0 amide bonds. The summed E-state index contributed by atoms with van der Waals surface area (Å²) in [6.07, 6.45) is 0.